The molecule has 1 aliphatic carbocycles. The quantitative estimate of drug-likeness (QED) is 0.602. The zero-order valence-corrected chi connectivity index (χ0v) is 15.8. The predicted molar refractivity (Wildman–Crippen MR) is 101 cm³/mol. The van der Waals surface area contributed by atoms with Crippen molar-refractivity contribution in [3.8, 4) is 5.69 Å². The van der Waals surface area contributed by atoms with Crippen LogP contribution in [0.5, 0.6) is 0 Å². The largest absolute Gasteiger partial charge is 0.342 e. The lowest BCUT2D eigenvalue weighted by Crippen LogP contribution is -2.37. The molecule has 0 bridgehead atoms. The van der Waals surface area contributed by atoms with Crippen molar-refractivity contribution in [1.82, 2.24) is 19.7 Å². The maximum Gasteiger partial charge on any atom is 0.233 e. The van der Waals surface area contributed by atoms with Gasteiger partial charge in [-0.3, -0.25) is 9.36 Å². The van der Waals surface area contributed by atoms with Gasteiger partial charge in [-0.1, -0.05) is 55.1 Å². The zero-order chi connectivity index (χ0) is 17.6. The third-order valence-corrected chi connectivity index (χ3v) is 5.85. The second-order valence-electron chi connectivity index (χ2n) is 6.76. The molecule has 25 heavy (non-hydrogen) atoms. The number of carbonyl (C=O) groups is 1. The molecule has 2 aromatic rings. The van der Waals surface area contributed by atoms with Gasteiger partial charge in [0.05, 0.1) is 5.75 Å². The van der Waals surface area contributed by atoms with Crippen molar-refractivity contribution in [1.29, 1.82) is 0 Å². The molecule has 3 rings (SSSR count). The number of benzene rings is 1. The molecule has 1 amide bonds. The smallest absolute Gasteiger partial charge is 0.233 e. The minimum absolute atomic E-state index is 0.176. The van der Waals surface area contributed by atoms with Crippen molar-refractivity contribution in [3.05, 3.63) is 36.2 Å². The van der Waals surface area contributed by atoms with Crippen LogP contribution in [0.1, 0.15) is 44.1 Å². The number of aromatic nitrogens is 3. The Bertz CT molecular complexity index is 690. The molecule has 0 spiro atoms. The fourth-order valence-corrected chi connectivity index (χ4v) is 4.13. The maximum absolute atomic E-state index is 12.6. The first-order valence-electron chi connectivity index (χ1n) is 9.00. The molecule has 1 aliphatic rings. The van der Waals surface area contributed by atoms with Gasteiger partial charge in [-0.2, -0.15) is 0 Å². The van der Waals surface area contributed by atoms with Gasteiger partial charge in [0.1, 0.15) is 6.33 Å². The Labute approximate surface area is 153 Å². The van der Waals surface area contributed by atoms with Crippen molar-refractivity contribution >= 4 is 17.7 Å². The summed E-state index contributed by atoms with van der Waals surface area (Å²) in [6.07, 6.45) is 9.03. The van der Waals surface area contributed by atoms with Crippen LogP contribution in [-0.4, -0.2) is 44.4 Å². The van der Waals surface area contributed by atoms with Gasteiger partial charge in [0, 0.05) is 18.8 Å². The lowest BCUT2D eigenvalue weighted by Gasteiger charge is -2.27. The Morgan fingerprint density at radius 2 is 1.88 bits per heavy atom. The minimum Gasteiger partial charge on any atom is -0.342 e. The van der Waals surface area contributed by atoms with E-state index in [0.717, 1.165) is 23.7 Å². The molecular formula is C19H26N4OS. The summed E-state index contributed by atoms with van der Waals surface area (Å²) in [4.78, 5) is 14.5. The fourth-order valence-electron chi connectivity index (χ4n) is 3.28. The molecule has 5 nitrogen and oxygen atoms in total. The van der Waals surface area contributed by atoms with Crippen LogP contribution in [0.4, 0.5) is 0 Å². The topological polar surface area (TPSA) is 51.0 Å². The van der Waals surface area contributed by atoms with Gasteiger partial charge in [0.2, 0.25) is 5.91 Å². The van der Waals surface area contributed by atoms with E-state index in [4.69, 9.17) is 0 Å². The van der Waals surface area contributed by atoms with E-state index in [1.54, 1.807) is 6.33 Å². The standard InChI is InChI=1S/C19H26N4OS/c1-15-9-11-17(12-10-15)23-14-20-21-19(23)25-13-18(24)22(2)16-7-5-3-4-6-8-16/h9-12,14,16H,3-8,13H2,1-2H3. The Balaban J connectivity index is 1.61. The van der Waals surface area contributed by atoms with E-state index >= 15 is 0 Å². The van der Waals surface area contributed by atoms with Gasteiger partial charge in [0.25, 0.3) is 0 Å². The van der Waals surface area contributed by atoms with Gasteiger partial charge in [0.15, 0.2) is 5.16 Å². The Hall–Kier alpha value is -1.82. The highest BCUT2D eigenvalue weighted by molar-refractivity contribution is 7.99. The molecule has 1 aromatic heterocycles. The second kappa shape index (κ2) is 8.52. The number of nitrogens with zero attached hydrogens (tertiary/aromatic N) is 4. The molecule has 0 radical (unpaired) electrons. The fraction of sp³-hybridized carbons (Fsp3) is 0.526. The van der Waals surface area contributed by atoms with Crippen molar-refractivity contribution < 1.29 is 4.79 Å². The van der Waals surface area contributed by atoms with Crippen LogP contribution < -0.4 is 0 Å². The maximum atomic E-state index is 12.6. The summed E-state index contributed by atoms with van der Waals surface area (Å²) in [5.74, 6) is 0.577. The monoisotopic (exact) mass is 358 g/mol. The third kappa shape index (κ3) is 4.63. The lowest BCUT2D eigenvalue weighted by molar-refractivity contribution is -0.129. The van der Waals surface area contributed by atoms with Gasteiger partial charge in [-0.05, 0) is 31.9 Å². The summed E-state index contributed by atoms with van der Waals surface area (Å²) in [7, 11) is 1.95. The first kappa shape index (κ1) is 18.0. The summed E-state index contributed by atoms with van der Waals surface area (Å²) < 4.78 is 1.93. The molecule has 1 aromatic carbocycles. The lowest BCUT2D eigenvalue weighted by atomic mass is 10.1. The van der Waals surface area contributed by atoms with E-state index in [2.05, 4.69) is 29.3 Å². The van der Waals surface area contributed by atoms with Gasteiger partial charge in [-0.25, -0.2) is 0 Å². The molecule has 1 fully saturated rings. The van der Waals surface area contributed by atoms with Crippen LogP contribution in [0, 0.1) is 6.92 Å². The Morgan fingerprint density at radius 3 is 2.56 bits per heavy atom. The summed E-state index contributed by atoms with van der Waals surface area (Å²) in [6, 6.07) is 8.61. The van der Waals surface area contributed by atoms with Gasteiger partial charge in [-0.15, -0.1) is 10.2 Å². The SMILES string of the molecule is Cc1ccc(-n2cnnc2SCC(=O)N(C)C2CCCCCC2)cc1. The molecule has 0 aliphatic heterocycles. The van der Waals surface area contributed by atoms with E-state index in [1.807, 2.05) is 28.6 Å². The number of rotatable bonds is 5. The van der Waals surface area contributed by atoms with E-state index in [9.17, 15) is 4.79 Å². The second-order valence-corrected chi connectivity index (χ2v) is 7.70. The molecule has 0 saturated heterocycles. The third-order valence-electron chi connectivity index (χ3n) is 4.92. The highest BCUT2D eigenvalue weighted by Crippen LogP contribution is 2.23. The van der Waals surface area contributed by atoms with Crippen LogP contribution in [0.25, 0.3) is 5.69 Å². The van der Waals surface area contributed by atoms with Crippen molar-refractivity contribution in [2.45, 2.75) is 56.6 Å². The van der Waals surface area contributed by atoms with E-state index in [-0.39, 0.29) is 5.91 Å². The molecule has 0 atom stereocenters. The van der Waals surface area contributed by atoms with Crippen LogP contribution in [0.2, 0.25) is 0 Å². The Morgan fingerprint density at radius 1 is 1.20 bits per heavy atom. The van der Waals surface area contributed by atoms with Crippen LogP contribution in [0.15, 0.2) is 35.7 Å². The van der Waals surface area contributed by atoms with Crippen LogP contribution in [0.3, 0.4) is 0 Å². The molecule has 134 valence electrons. The molecule has 6 heteroatoms. The molecule has 0 N–H and O–H groups in total. The first-order chi connectivity index (χ1) is 12.1. The number of amides is 1. The summed E-state index contributed by atoms with van der Waals surface area (Å²) in [6.45, 7) is 2.06. The van der Waals surface area contributed by atoms with E-state index < -0.39 is 0 Å². The van der Waals surface area contributed by atoms with E-state index in [0.29, 0.717) is 11.8 Å². The van der Waals surface area contributed by atoms with Crippen molar-refractivity contribution in [3.63, 3.8) is 0 Å². The Kier molecular flexibility index (Phi) is 6.13. The normalized spacial score (nSPS) is 15.8. The molecular weight excluding hydrogens is 332 g/mol. The number of carbonyl (C=O) groups excluding carboxylic acids is 1. The molecule has 1 saturated carbocycles. The highest BCUT2D eigenvalue weighted by atomic mass is 32.2. The average Bonchev–Trinajstić information content (AvgIpc) is 2.92. The summed E-state index contributed by atoms with van der Waals surface area (Å²) >= 11 is 1.46. The van der Waals surface area contributed by atoms with Crippen LogP contribution in [-0.2, 0) is 4.79 Å². The number of aryl methyl sites for hydroxylation is 1. The number of thioether (sulfide) groups is 1. The highest BCUT2D eigenvalue weighted by Gasteiger charge is 2.21. The van der Waals surface area contributed by atoms with Crippen LogP contribution >= 0.6 is 11.8 Å². The number of hydrogen-bond acceptors (Lipinski definition) is 4. The summed E-state index contributed by atoms with van der Waals surface area (Å²) in [5, 5.41) is 8.95. The van der Waals surface area contributed by atoms with Crippen molar-refractivity contribution in [2.75, 3.05) is 12.8 Å². The van der Waals surface area contributed by atoms with E-state index in [1.165, 1.54) is 43.0 Å². The minimum atomic E-state index is 0.176. The van der Waals surface area contributed by atoms with Gasteiger partial charge < -0.3 is 4.90 Å². The first-order valence-corrected chi connectivity index (χ1v) is 9.99. The zero-order valence-electron chi connectivity index (χ0n) is 15.0. The average molecular weight is 359 g/mol. The van der Waals surface area contributed by atoms with Gasteiger partial charge >= 0.3 is 0 Å². The number of hydrogen-bond donors (Lipinski definition) is 0. The molecule has 1 heterocycles. The molecule has 0 unspecified atom stereocenters. The van der Waals surface area contributed by atoms with Crippen molar-refractivity contribution in [2.24, 2.45) is 0 Å². The summed E-state index contributed by atoms with van der Waals surface area (Å²) in [5.41, 5.74) is 2.23. The predicted octanol–water partition coefficient (Wildman–Crippen LogP) is 3.85.